The van der Waals surface area contributed by atoms with Crippen LogP contribution in [0.2, 0.25) is 0 Å². The predicted octanol–water partition coefficient (Wildman–Crippen LogP) is 2.61. The van der Waals surface area contributed by atoms with Crippen molar-refractivity contribution in [1.82, 2.24) is 5.32 Å². The summed E-state index contributed by atoms with van der Waals surface area (Å²) in [4.78, 5) is 23.3. The Bertz CT molecular complexity index is 509. The lowest BCUT2D eigenvalue weighted by molar-refractivity contribution is -0.121. The molecule has 0 unspecified atom stereocenters. The van der Waals surface area contributed by atoms with E-state index in [-0.39, 0.29) is 0 Å². The lowest BCUT2D eigenvalue weighted by Crippen LogP contribution is -2.46. The van der Waals surface area contributed by atoms with Crippen molar-refractivity contribution >= 4 is 23.8 Å². The van der Waals surface area contributed by atoms with Gasteiger partial charge in [-0.2, -0.15) is 11.8 Å². The average molecular weight is 324 g/mol. The molecule has 2 amide bonds. The molecule has 1 rings (SSSR count). The van der Waals surface area contributed by atoms with Gasteiger partial charge in [0.15, 0.2) is 0 Å². The van der Waals surface area contributed by atoms with Crippen LogP contribution in [-0.4, -0.2) is 29.4 Å². The monoisotopic (exact) mass is 324 g/mol. The van der Waals surface area contributed by atoms with E-state index in [4.69, 9.17) is 10.5 Å². The average Bonchev–Trinajstić information content (AvgIpc) is 2.38. The highest BCUT2D eigenvalue weighted by atomic mass is 32.2. The first-order valence-corrected chi connectivity index (χ1v) is 8.25. The van der Waals surface area contributed by atoms with Crippen LogP contribution in [0, 0.1) is 6.92 Å². The highest BCUT2D eigenvalue weighted by Gasteiger charge is 2.21. The summed E-state index contributed by atoms with van der Waals surface area (Å²) < 4.78 is 5.01. The van der Waals surface area contributed by atoms with Crippen LogP contribution >= 0.6 is 11.8 Å². The third-order valence-electron chi connectivity index (χ3n) is 2.65. The minimum absolute atomic E-state index is 0.433. The van der Waals surface area contributed by atoms with Crippen molar-refractivity contribution in [3.8, 4) is 0 Å². The largest absolute Gasteiger partial charge is 0.444 e. The molecule has 0 aliphatic carbocycles. The maximum Gasteiger partial charge on any atom is 0.414 e. The van der Waals surface area contributed by atoms with E-state index in [1.54, 1.807) is 32.5 Å². The number of carbonyl (C=O) groups is 2. The summed E-state index contributed by atoms with van der Waals surface area (Å²) in [5.41, 5.74) is 7.52. The molecule has 6 heteroatoms. The molecule has 0 bridgehead atoms. The molecule has 0 radical (unpaired) electrons. The van der Waals surface area contributed by atoms with Gasteiger partial charge in [-0.15, -0.1) is 0 Å². The van der Waals surface area contributed by atoms with Crippen LogP contribution in [0.4, 0.5) is 4.79 Å². The zero-order chi connectivity index (χ0) is 16.8. The Morgan fingerprint density at radius 3 is 2.41 bits per heavy atom. The quantitative estimate of drug-likeness (QED) is 0.870. The van der Waals surface area contributed by atoms with E-state index in [1.807, 2.05) is 19.1 Å². The number of aryl methyl sites for hydroxylation is 1. The number of imide groups is 1. The highest BCUT2D eigenvalue weighted by molar-refractivity contribution is 7.98. The molecule has 0 aliphatic heterocycles. The first-order chi connectivity index (χ1) is 10.2. The summed E-state index contributed by atoms with van der Waals surface area (Å²) in [6.45, 7) is 7.23. The van der Waals surface area contributed by atoms with Crippen LogP contribution in [0.1, 0.15) is 31.9 Å². The normalized spacial score (nSPS) is 12.6. The molecule has 3 N–H and O–H groups in total. The third kappa shape index (κ3) is 7.47. The molecule has 0 spiro atoms. The number of nitrogens with one attached hydrogen (secondary N) is 1. The van der Waals surface area contributed by atoms with Gasteiger partial charge in [-0.05, 0) is 33.3 Å². The summed E-state index contributed by atoms with van der Waals surface area (Å²) in [5.74, 6) is 0.682. The maximum absolute atomic E-state index is 11.8. The summed E-state index contributed by atoms with van der Waals surface area (Å²) in [7, 11) is 0. The molecule has 122 valence electrons. The molecule has 0 aromatic heterocycles. The minimum Gasteiger partial charge on any atom is -0.444 e. The molecule has 5 nitrogen and oxygen atoms in total. The second-order valence-electron chi connectivity index (χ2n) is 6.10. The van der Waals surface area contributed by atoms with Crippen LogP contribution in [0.5, 0.6) is 0 Å². The van der Waals surface area contributed by atoms with Crippen molar-refractivity contribution in [2.24, 2.45) is 5.73 Å². The van der Waals surface area contributed by atoms with Crippen molar-refractivity contribution < 1.29 is 14.3 Å². The number of hydrogen-bond donors (Lipinski definition) is 2. The van der Waals surface area contributed by atoms with Crippen LogP contribution < -0.4 is 11.1 Å². The lowest BCUT2D eigenvalue weighted by Gasteiger charge is -2.20. The topological polar surface area (TPSA) is 81.4 Å². The molecular formula is C16H24N2O3S. The van der Waals surface area contributed by atoms with Crippen LogP contribution in [0.15, 0.2) is 24.3 Å². The van der Waals surface area contributed by atoms with Gasteiger partial charge in [0.05, 0.1) is 6.04 Å². The van der Waals surface area contributed by atoms with Gasteiger partial charge >= 0.3 is 6.09 Å². The van der Waals surface area contributed by atoms with Gasteiger partial charge in [-0.25, -0.2) is 4.79 Å². The summed E-state index contributed by atoms with van der Waals surface area (Å²) in [6, 6.07) is 7.45. The van der Waals surface area contributed by atoms with E-state index in [1.165, 1.54) is 11.1 Å². The Kier molecular flexibility index (Phi) is 6.90. The Labute approximate surface area is 136 Å². The van der Waals surface area contributed by atoms with Crippen LogP contribution in [0.3, 0.4) is 0 Å². The van der Waals surface area contributed by atoms with Gasteiger partial charge in [0.25, 0.3) is 0 Å². The smallest absolute Gasteiger partial charge is 0.414 e. The number of nitrogens with two attached hydrogens (primary N) is 1. The highest BCUT2D eigenvalue weighted by Crippen LogP contribution is 2.13. The number of amides is 2. The van der Waals surface area contributed by atoms with Crippen molar-refractivity contribution in [1.29, 1.82) is 0 Å². The van der Waals surface area contributed by atoms with Gasteiger partial charge in [-0.3, -0.25) is 10.1 Å². The number of carbonyl (C=O) groups excluding carboxylic acids is 2. The Hall–Kier alpha value is -1.53. The molecule has 0 saturated heterocycles. The Morgan fingerprint density at radius 1 is 1.27 bits per heavy atom. The van der Waals surface area contributed by atoms with Gasteiger partial charge in [0.2, 0.25) is 5.91 Å². The molecule has 22 heavy (non-hydrogen) atoms. The second-order valence-corrected chi connectivity index (χ2v) is 7.13. The van der Waals surface area contributed by atoms with E-state index in [0.717, 1.165) is 5.75 Å². The molecule has 0 saturated carbocycles. The number of benzene rings is 1. The van der Waals surface area contributed by atoms with Crippen molar-refractivity contribution in [3.63, 3.8) is 0 Å². The van der Waals surface area contributed by atoms with Gasteiger partial charge < -0.3 is 10.5 Å². The Morgan fingerprint density at radius 2 is 1.86 bits per heavy atom. The molecule has 0 fully saturated rings. The third-order valence-corrected chi connectivity index (χ3v) is 3.78. The van der Waals surface area contributed by atoms with Crippen molar-refractivity contribution in [2.45, 2.75) is 45.1 Å². The molecule has 1 aromatic rings. The first-order valence-electron chi connectivity index (χ1n) is 7.10. The van der Waals surface area contributed by atoms with E-state index >= 15 is 0 Å². The molecule has 1 aromatic carbocycles. The summed E-state index contributed by atoms with van der Waals surface area (Å²) >= 11 is 1.55. The summed E-state index contributed by atoms with van der Waals surface area (Å²) in [6.07, 6.45) is -0.767. The van der Waals surface area contributed by atoms with Crippen molar-refractivity contribution in [2.75, 3.05) is 5.75 Å². The number of hydrogen-bond acceptors (Lipinski definition) is 5. The summed E-state index contributed by atoms with van der Waals surface area (Å²) in [5, 5.41) is 2.15. The van der Waals surface area contributed by atoms with Crippen molar-refractivity contribution in [3.05, 3.63) is 35.4 Å². The zero-order valence-corrected chi connectivity index (χ0v) is 14.3. The Balaban J connectivity index is 2.32. The molecule has 0 aliphatic rings. The zero-order valence-electron chi connectivity index (χ0n) is 13.5. The van der Waals surface area contributed by atoms with E-state index < -0.39 is 23.6 Å². The SMILES string of the molecule is Cc1ccc(CSC[C@H](N)C(=O)NC(=O)OC(C)(C)C)cc1. The number of rotatable bonds is 5. The first kappa shape index (κ1) is 18.5. The fraction of sp³-hybridized carbons (Fsp3) is 0.500. The fourth-order valence-electron chi connectivity index (χ4n) is 1.56. The molecule has 1 atom stereocenters. The lowest BCUT2D eigenvalue weighted by atomic mass is 10.2. The van der Waals surface area contributed by atoms with E-state index in [0.29, 0.717) is 5.75 Å². The number of thioether (sulfide) groups is 1. The standard InChI is InChI=1S/C16H24N2O3S/c1-11-5-7-12(8-6-11)9-22-10-13(17)14(19)18-15(20)21-16(2,3)4/h5-8,13H,9-10,17H2,1-4H3,(H,18,19,20)/t13-/m0/s1. The van der Waals surface area contributed by atoms with Gasteiger partial charge in [0.1, 0.15) is 5.60 Å². The second kappa shape index (κ2) is 8.19. The molecule has 0 heterocycles. The minimum atomic E-state index is -0.767. The van der Waals surface area contributed by atoms with Crippen LogP contribution in [0.25, 0.3) is 0 Å². The predicted molar refractivity (Wildman–Crippen MR) is 89.7 cm³/mol. The van der Waals surface area contributed by atoms with E-state index in [9.17, 15) is 9.59 Å². The van der Waals surface area contributed by atoms with Gasteiger partial charge in [-0.1, -0.05) is 29.8 Å². The van der Waals surface area contributed by atoms with Crippen LogP contribution in [-0.2, 0) is 15.3 Å². The van der Waals surface area contributed by atoms with Gasteiger partial charge in [0, 0.05) is 11.5 Å². The maximum atomic E-state index is 11.8. The molecular weight excluding hydrogens is 300 g/mol. The number of alkyl carbamates (subject to hydrolysis) is 1. The van der Waals surface area contributed by atoms with E-state index in [2.05, 4.69) is 17.4 Å². The number of ether oxygens (including phenoxy) is 1. The fourth-order valence-corrected chi connectivity index (χ4v) is 2.51.